The molecule has 0 bridgehead atoms. The summed E-state index contributed by atoms with van der Waals surface area (Å²) in [6.07, 6.45) is 1.85. The van der Waals surface area contributed by atoms with Crippen LogP contribution < -0.4 is 4.74 Å². The van der Waals surface area contributed by atoms with Gasteiger partial charge in [0.15, 0.2) is 0 Å². The van der Waals surface area contributed by atoms with Crippen molar-refractivity contribution in [3.63, 3.8) is 0 Å². The Balaban J connectivity index is 2.47. The van der Waals surface area contributed by atoms with Gasteiger partial charge < -0.3 is 14.4 Å². The van der Waals surface area contributed by atoms with Crippen LogP contribution in [0.5, 0.6) is 5.75 Å². The molecule has 1 heterocycles. The average molecular weight is 420 g/mol. The summed E-state index contributed by atoms with van der Waals surface area (Å²) in [5.74, 6) is 0.661. The normalized spacial score (nSPS) is 15.9. The van der Waals surface area contributed by atoms with Gasteiger partial charge in [0, 0.05) is 19.2 Å². The van der Waals surface area contributed by atoms with E-state index < -0.39 is 5.97 Å². The summed E-state index contributed by atoms with van der Waals surface area (Å²) in [5, 5.41) is 0. The summed E-state index contributed by atoms with van der Waals surface area (Å²) in [4.78, 5) is 38.1. The molecule has 1 aromatic rings. The van der Waals surface area contributed by atoms with E-state index >= 15 is 0 Å². The van der Waals surface area contributed by atoms with E-state index in [1.807, 2.05) is 45.9 Å². The van der Waals surface area contributed by atoms with Crippen LogP contribution in [-0.4, -0.2) is 48.7 Å². The van der Waals surface area contributed by atoms with Crippen LogP contribution >= 0.6 is 11.8 Å². The van der Waals surface area contributed by atoms with E-state index in [-0.39, 0.29) is 30.3 Å². The van der Waals surface area contributed by atoms with Crippen molar-refractivity contribution >= 4 is 35.7 Å². The van der Waals surface area contributed by atoms with Crippen LogP contribution in [0.4, 0.5) is 0 Å². The molecule has 0 saturated carbocycles. The van der Waals surface area contributed by atoms with E-state index in [0.717, 1.165) is 16.7 Å². The van der Waals surface area contributed by atoms with Crippen LogP contribution in [0.25, 0.3) is 6.08 Å². The maximum Gasteiger partial charge on any atom is 0.325 e. The molecule has 0 atom stereocenters. The van der Waals surface area contributed by atoms with E-state index in [2.05, 4.69) is 4.74 Å². The number of ether oxygens (including phenoxy) is 2. The predicted molar refractivity (Wildman–Crippen MR) is 115 cm³/mol. The van der Waals surface area contributed by atoms with Crippen molar-refractivity contribution in [1.82, 2.24) is 4.90 Å². The van der Waals surface area contributed by atoms with Crippen molar-refractivity contribution in [2.24, 2.45) is 0 Å². The lowest BCUT2D eigenvalue weighted by atomic mass is 9.91. The number of esters is 2. The third-order valence-corrected chi connectivity index (χ3v) is 5.61. The highest BCUT2D eigenvalue weighted by Crippen LogP contribution is 2.37. The molecule has 0 N–H and O–H groups in total. The zero-order chi connectivity index (χ0) is 21.7. The van der Waals surface area contributed by atoms with Gasteiger partial charge in [0.05, 0.1) is 12.0 Å². The van der Waals surface area contributed by atoms with Gasteiger partial charge >= 0.3 is 11.9 Å². The highest BCUT2D eigenvalue weighted by molar-refractivity contribution is 8.04. The minimum atomic E-state index is -0.431. The fourth-order valence-electron chi connectivity index (χ4n) is 3.11. The van der Waals surface area contributed by atoms with Gasteiger partial charge in [-0.25, -0.2) is 0 Å². The molecule has 7 heteroatoms. The van der Waals surface area contributed by atoms with Gasteiger partial charge in [-0.3, -0.25) is 14.4 Å². The van der Waals surface area contributed by atoms with Crippen LogP contribution in [0, 0.1) is 0 Å². The van der Waals surface area contributed by atoms with Gasteiger partial charge in [-0.05, 0) is 46.7 Å². The molecule has 0 unspecified atom stereocenters. The van der Waals surface area contributed by atoms with Gasteiger partial charge in [-0.2, -0.15) is 0 Å². The number of rotatable bonds is 6. The first-order chi connectivity index (χ1) is 13.6. The lowest BCUT2D eigenvalue weighted by molar-refractivity contribution is -0.145. The molecule has 158 valence electrons. The van der Waals surface area contributed by atoms with Crippen LogP contribution in [0.1, 0.15) is 63.1 Å². The van der Waals surface area contributed by atoms with Crippen LogP contribution in [0.3, 0.4) is 0 Å². The van der Waals surface area contributed by atoms with E-state index in [9.17, 15) is 14.4 Å². The van der Waals surface area contributed by atoms with Crippen molar-refractivity contribution in [2.45, 2.75) is 46.5 Å². The first-order valence-electron chi connectivity index (χ1n) is 9.70. The quantitative estimate of drug-likeness (QED) is 0.395. The monoisotopic (exact) mass is 419 g/mol. The third kappa shape index (κ3) is 5.85. The van der Waals surface area contributed by atoms with Crippen LogP contribution in [0.15, 0.2) is 17.0 Å². The molecule has 0 spiro atoms. The Labute approximate surface area is 176 Å². The summed E-state index contributed by atoms with van der Waals surface area (Å²) in [5.41, 5.74) is 2.74. The molecule has 0 aliphatic carbocycles. The number of thioether (sulfide) groups is 1. The second-order valence-electron chi connectivity index (χ2n) is 7.59. The molecule has 1 fully saturated rings. The number of amides is 1. The highest BCUT2D eigenvalue weighted by atomic mass is 32.2. The number of hydrogen-bond acceptors (Lipinski definition) is 6. The fourth-order valence-corrected chi connectivity index (χ4v) is 4.12. The van der Waals surface area contributed by atoms with E-state index in [0.29, 0.717) is 23.0 Å². The minimum Gasteiger partial charge on any atom is -0.468 e. The first kappa shape index (κ1) is 23.0. The Hall–Kier alpha value is -2.28. The molecule has 1 aliphatic rings. The Morgan fingerprint density at radius 1 is 1.17 bits per heavy atom. The summed E-state index contributed by atoms with van der Waals surface area (Å²) in [6, 6.07) is 3.93. The molecule has 1 aliphatic heterocycles. The molecule has 1 amide bonds. The van der Waals surface area contributed by atoms with Crippen molar-refractivity contribution in [3.05, 3.63) is 33.7 Å². The zero-order valence-electron chi connectivity index (χ0n) is 17.9. The number of benzene rings is 1. The molecule has 0 radical (unpaired) electrons. The summed E-state index contributed by atoms with van der Waals surface area (Å²) >= 11 is 1.48. The van der Waals surface area contributed by atoms with Crippen molar-refractivity contribution in [1.29, 1.82) is 0 Å². The Morgan fingerprint density at radius 2 is 1.76 bits per heavy atom. The van der Waals surface area contributed by atoms with E-state index in [1.165, 1.54) is 30.7 Å². The van der Waals surface area contributed by atoms with Gasteiger partial charge in [0.1, 0.15) is 12.3 Å². The highest BCUT2D eigenvalue weighted by Gasteiger charge is 2.26. The molecular formula is C22H29NO5S. The summed E-state index contributed by atoms with van der Waals surface area (Å²) in [7, 11) is 1.31. The van der Waals surface area contributed by atoms with Crippen molar-refractivity contribution in [2.75, 3.05) is 26.0 Å². The standard InChI is InChI=1S/C22H29NO5S/c1-13(2)17-9-16(10-18(14(3)4)21(17)28-15(5)24)11-19-22(26)23(7-8-29-19)12-20(25)27-6/h9-11,13-14H,7-8,12H2,1-6H3. The molecule has 1 saturated heterocycles. The summed E-state index contributed by atoms with van der Waals surface area (Å²) < 4.78 is 10.2. The number of hydrogen-bond donors (Lipinski definition) is 0. The van der Waals surface area contributed by atoms with Crippen LogP contribution in [0.2, 0.25) is 0 Å². The Morgan fingerprint density at radius 3 is 2.24 bits per heavy atom. The largest absolute Gasteiger partial charge is 0.468 e. The lowest BCUT2D eigenvalue weighted by Gasteiger charge is -2.27. The SMILES string of the molecule is COC(=O)CN1CCSC(=Cc2cc(C(C)C)c(OC(C)=O)c(C(C)C)c2)C1=O. The molecule has 1 aromatic carbocycles. The maximum atomic E-state index is 12.8. The Kier molecular flexibility index (Phi) is 7.90. The van der Waals surface area contributed by atoms with Gasteiger partial charge in [0.2, 0.25) is 0 Å². The molecule has 0 aromatic heterocycles. The number of nitrogens with zero attached hydrogens (tertiary/aromatic N) is 1. The number of carbonyl (C=O) groups excluding carboxylic acids is 3. The van der Waals surface area contributed by atoms with Gasteiger partial charge in [-0.15, -0.1) is 11.8 Å². The molecule has 6 nitrogen and oxygen atoms in total. The zero-order valence-corrected chi connectivity index (χ0v) is 18.7. The molecular weight excluding hydrogens is 390 g/mol. The van der Waals surface area contributed by atoms with E-state index in [4.69, 9.17) is 4.74 Å². The van der Waals surface area contributed by atoms with E-state index in [1.54, 1.807) is 0 Å². The minimum absolute atomic E-state index is 0.0485. The lowest BCUT2D eigenvalue weighted by Crippen LogP contribution is -2.40. The molecule has 29 heavy (non-hydrogen) atoms. The number of methoxy groups -OCH3 is 1. The molecule has 2 rings (SSSR count). The third-order valence-electron chi connectivity index (χ3n) is 4.62. The van der Waals surface area contributed by atoms with Crippen molar-refractivity contribution < 1.29 is 23.9 Å². The topological polar surface area (TPSA) is 72.9 Å². The predicted octanol–water partition coefficient (Wildman–Crippen LogP) is 3.95. The number of carbonyl (C=O) groups is 3. The van der Waals surface area contributed by atoms with Crippen LogP contribution in [-0.2, 0) is 19.1 Å². The Bertz CT molecular complexity index is 799. The van der Waals surface area contributed by atoms with Crippen molar-refractivity contribution in [3.8, 4) is 5.75 Å². The second-order valence-corrected chi connectivity index (χ2v) is 8.73. The average Bonchev–Trinajstić information content (AvgIpc) is 2.64. The first-order valence-corrected chi connectivity index (χ1v) is 10.7. The van der Waals surface area contributed by atoms with Gasteiger partial charge in [0.25, 0.3) is 5.91 Å². The van der Waals surface area contributed by atoms with Gasteiger partial charge in [-0.1, -0.05) is 27.7 Å². The second kappa shape index (κ2) is 9.96. The fraction of sp³-hybridized carbons (Fsp3) is 0.500. The summed E-state index contributed by atoms with van der Waals surface area (Å²) in [6.45, 7) is 10.0. The smallest absolute Gasteiger partial charge is 0.325 e. The maximum absolute atomic E-state index is 12.8.